The van der Waals surface area contributed by atoms with Gasteiger partial charge in [0.2, 0.25) is 0 Å². The number of amides is 1. The van der Waals surface area contributed by atoms with Crippen LogP contribution in [-0.2, 0) is 0 Å². The molecule has 0 aliphatic heterocycles. The van der Waals surface area contributed by atoms with Crippen LogP contribution in [0.15, 0.2) is 22.7 Å². The van der Waals surface area contributed by atoms with E-state index in [1.807, 2.05) is 32.2 Å². The van der Waals surface area contributed by atoms with E-state index in [1.165, 1.54) is 0 Å². The summed E-state index contributed by atoms with van der Waals surface area (Å²) in [6.07, 6.45) is 0. The largest absolute Gasteiger partial charge is 0.351 e. The van der Waals surface area contributed by atoms with Crippen molar-refractivity contribution in [3.05, 3.63) is 33.8 Å². The molecular weight excluding hydrogens is 256 g/mol. The number of likely N-dealkylation sites (N-methyl/N-ethyl adjacent to an activating group) is 1. The zero-order valence-electron chi connectivity index (χ0n) is 8.93. The first-order valence-corrected chi connectivity index (χ1v) is 5.63. The van der Waals surface area contributed by atoms with E-state index < -0.39 is 0 Å². The third kappa shape index (κ3) is 3.64. The summed E-state index contributed by atoms with van der Waals surface area (Å²) in [6, 6.07) is 5.69. The maximum absolute atomic E-state index is 11.7. The fourth-order valence-corrected chi connectivity index (χ4v) is 1.87. The molecule has 1 aromatic rings. The second kappa shape index (κ2) is 5.88. The van der Waals surface area contributed by atoms with Crippen LogP contribution in [0.2, 0.25) is 0 Å². The standard InChI is InChI=1S/C11H15BrN2O/c1-8-3-4-9(10(12)7-8)11(15)14-6-5-13-2/h3-4,7,13H,5-6H2,1-2H3,(H,14,15). The maximum Gasteiger partial charge on any atom is 0.252 e. The number of carbonyl (C=O) groups excluding carboxylic acids is 1. The highest BCUT2D eigenvalue weighted by Gasteiger charge is 2.08. The van der Waals surface area contributed by atoms with E-state index in [-0.39, 0.29) is 5.91 Å². The van der Waals surface area contributed by atoms with Crippen LogP contribution in [0.3, 0.4) is 0 Å². The first kappa shape index (κ1) is 12.2. The molecule has 0 heterocycles. The van der Waals surface area contributed by atoms with Crippen LogP contribution in [0, 0.1) is 6.92 Å². The Bertz CT molecular complexity index is 352. The number of halogens is 1. The van der Waals surface area contributed by atoms with E-state index in [0.717, 1.165) is 16.6 Å². The van der Waals surface area contributed by atoms with Crippen molar-refractivity contribution in [1.29, 1.82) is 0 Å². The van der Waals surface area contributed by atoms with Crippen molar-refractivity contribution in [2.24, 2.45) is 0 Å². The first-order valence-electron chi connectivity index (χ1n) is 4.84. The number of hydrogen-bond donors (Lipinski definition) is 2. The van der Waals surface area contributed by atoms with E-state index in [0.29, 0.717) is 12.1 Å². The van der Waals surface area contributed by atoms with Gasteiger partial charge < -0.3 is 10.6 Å². The molecule has 0 saturated carbocycles. The molecule has 0 bridgehead atoms. The minimum absolute atomic E-state index is 0.0443. The van der Waals surface area contributed by atoms with Gasteiger partial charge in [-0.15, -0.1) is 0 Å². The van der Waals surface area contributed by atoms with Crippen LogP contribution in [0.4, 0.5) is 0 Å². The second-order valence-corrected chi connectivity index (χ2v) is 4.20. The van der Waals surface area contributed by atoms with E-state index in [4.69, 9.17) is 0 Å². The molecule has 0 aliphatic carbocycles. The molecule has 4 heteroatoms. The Kier molecular flexibility index (Phi) is 4.78. The van der Waals surface area contributed by atoms with Gasteiger partial charge in [0.1, 0.15) is 0 Å². The third-order valence-corrected chi connectivity index (χ3v) is 2.69. The van der Waals surface area contributed by atoms with Crippen LogP contribution < -0.4 is 10.6 Å². The van der Waals surface area contributed by atoms with Crippen LogP contribution in [0.1, 0.15) is 15.9 Å². The number of rotatable bonds is 4. The molecular formula is C11H15BrN2O. The molecule has 82 valence electrons. The molecule has 0 unspecified atom stereocenters. The smallest absolute Gasteiger partial charge is 0.252 e. The highest BCUT2D eigenvalue weighted by atomic mass is 79.9. The maximum atomic E-state index is 11.7. The molecule has 0 aromatic heterocycles. The molecule has 0 atom stereocenters. The van der Waals surface area contributed by atoms with Gasteiger partial charge in [-0.25, -0.2) is 0 Å². The van der Waals surface area contributed by atoms with Gasteiger partial charge in [0.15, 0.2) is 0 Å². The number of hydrogen-bond acceptors (Lipinski definition) is 2. The number of aryl methyl sites for hydroxylation is 1. The lowest BCUT2D eigenvalue weighted by molar-refractivity contribution is 0.0953. The van der Waals surface area contributed by atoms with Crippen LogP contribution in [0.5, 0.6) is 0 Å². The molecule has 0 saturated heterocycles. The molecule has 1 rings (SSSR count). The Labute approximate surface area is 98.4 Å². The summed E-state index contributed by atoms with van der Waals surface area (Å²) < 4.78 is 0.837. The summed E-state index contributed by atoms with van der Waals surface area (Å²) in [7, 11) is 1.86. The van der Waals surface area contributed by atoms with Gasteiger partial charge >= 0.3 is 0 Å². The number of carbonyl (C=O) groups is 1. The Balaban J connectivity index is 2.65. The van der Waals surface area contributed by atoms with Crippen LogP contribution in [-0.4, -0.2) is 26.0 Å². The van der Waals surface area contributed by atoms with Crippen molar-refractivity contribution in [3.63, 3.8) is 0 Å². The predicted molar refractivity (Wildman–Crippen MR) is 65.1 cm³/mol. The van der Waals surface area contributed by atoms with Crippen molar-refractivity contribution >= 4 is 21.8 Å². The van der Waals surface area contributed by atoms with Gasteiger partial charge in [0.05, 0.1) is 5.56 Å². The topological polar surface area (TPSA) is 41.1 Å². The molecule has 2 N–H and O–H groups in total. The van der Waals surface area contributed by atoms with Crippen molar-refractivity contribution in [2.75, 3.05) is 20.1 Å². The van der Waals surface area contributed by atoms with Gasteiger partial charge in [0, 0.05) is 17.6 Å². The lowest BCUT2D eigenvalue weighted by atomic mass is 10.1. The lowest BCUT2D eigenvalue weighted by Gasteiger charge is -2.07. The van der Waals surface area contributed by atoms with Gasteiger partial charge in [-0.2, -0.15) is 0 Å². The summed E-state index contributed by atoms with van der Waals surface area (Å²) >= 11 is 3.38. The van der Waals surface area contributed by atoms with Crippen molar-refractivity contribution in [3.8, 4) is 0 Å². The van der Waals surface area contributed by atoms with Crippen molar-refractivity contribution < 1.29 is 4.79 Å². The van der Waals surface area contributed by atoms with Gasteiger partial charge in [-0.1, -0.05) is 6.07 Å². The molecule has 1 aromatic carbocycles. The average molecular weight is 271 g/mol. The van der Waals surface area contributed by atoms with Crippen molar-refractivity contribution in [1.82, 2.24) is 10.6 Å². The minimum atomic E-state index is -0.0443. The molecule has 1 amide bonds. The average Bonchev–Trinajstić information content (AvgIpc) is 2.17. The van der Waals surface area contributed by atoms with E-state index in [9.17, 15) is 4.79 Å². The molecule has 0 spiro atoms. The molecule has 0 radical (unpaired) electrons. The Morgan fingerprint density at radius 2 is 2.13 bits per heavy atom. The fourth-order valence-electron chi connectivity index (χ4n) is 1.20. The first-order chi connectivity index (χ1) is 7.15. The van der Waals surface area contributed by atoms with Crippen LogP contribution in [0.25, 0.3) is 0 Å². The number of benzene rings is 1. The summed E-state index contributed by atoms with van der Waals surface area (Å²) in [6.45, 7) is 3.40. The molecule has 15 heavy (non-hydrogen) atoms. The third-order valence-electron chi connectivity index (χ3n) is 2.03. The fraction of sp³-hybridized carbons (Fsp3) is 0.364. The summed E-state index contributed by atoms with van der Waals surface area (Å²) in [4.78, 5) is 11.7. The minimum Gasteiger partial charge on any atom is -0.351 e. The van der Waals surface area contributed by atoms with Gasteiger partial charge in [-0.3, -0.25) is 4.79 Å². The number of nitrogens with one attached hydrogen (secondary N) is 2. The van der Waals surface area contributed by atoms with E-state index >= 15 is 0 Å². The predicted octanol–water partition coefficient (Wildman–Crippen LogP) is 1.71. The van der Waals surface area contributed by atoms with Gasteiger partial charge in [-0.05, 0) is 47.6 Å². The highest BCUT2D eigenvalue weighted by molar-refractivity contribution is 9.10. The summed E-state index contributed by atoms with van der Waals surface area (Å²) in [5.41, 5.74) is 1.81. The summed E-state index contributed by atoms with van der Waals surface area (Å²) in [5.74, 6) is -0.0443. The Hall–Kier alpha value is -0.870. The van der Waals surface area contributed by atoms with Crippen LogP contribution >= 0.6 is 15.9 Å². The Morgan fingerprint density at radius 3 is 2.73 bits per heavy atom. The summed E-state index contributed by atoms with van der Waals surface area (Å²) in [5, 5.41) is 5.80. The molecule has 0 aliphatic rings. The zero-order chi connectivity index (χ0) is 11.3. The second-order valence-electron chi connectivity index (χ2n) is 3.34. The molecule has 0 fully saturated rings. The van der Waals surface area contributed by atoms with E-state index in [2.05, 4.69) is 26.6 Å². The quantitative estimate of drug-likeness (QED) is 0.818. The monoisotopic (exact) mass is 270 g/mol. The zero-order valence-corrected chi connectivity index (χ0v) is 10.5. The van der Waals surface area contributed by atoms with E-state index in [1.54, 1.807) is 0 Å². The molecule has 3 nitrogen and oxygen atoms in total. The SMILES string of the molecule is CNCCNC(=O)c1ccc(C)cc1Br. The highest BCUT2D eigenvalue weighted by Crippen LogP contribution is 2.17. The Morgan fingerprint density at radius 1 is 1.40 bits per heavy atom. The lowest BCUT2D eigenvalue weighted by Crippen LogP contribution is -2.30. The van der Waals surface area contributed by atoms with Gasteiger partial charge in [0.25, 0.3) is 5.91 Å². The van der Waals surface area contributed by atoms with Crippen molar-refractivity contribution in [2.45, 2.75) is 6.92 Å². The normalized spacial score (nSPS) is 10.1.